The van der Waals surface area contributed by atoms with Crippen LogP contribution in [0.2, 0.25) is 0 Å². The molecule has 1 aliphatic rings. The molecule has 29 heavy (non-hydrogen) atoms. The Morgan fingerprint density at radius 3 is 2.38 bits per heavy atom. The molecule has 1 aromatic heterocycles. The number of hydrogen-bond acceptors (Lipinski definition) is 4. The van der Waals surface area contributed by atoms with Gasteiger partial charge in [-0.1, -0.05) is 18.2 Å². The summed E-state index contributed by atoms with van der Waals surface area (Å²) in [4.78, 5) is 29.3. The average molecular weight is 398 g/mol. The maximum Gasteiger partial charge on any atom is 0.222 e. The molecule has 0 saturated carbocycles. The number of piperazine rings is 1. The van der Waals surface area contributed by atoms with Gasteiger partial charge >= 0.3 is 0 Å². The second-order valence-corrected chi connectivity index (χ2v) is 7.74. The van der Waals surface area contributed by atoms with E-state index < -0.39 is 0 Å². The van der Waals surface area contributed by atoms with Crippen LogP contribution in [0.1, 0.15) is 33.7 Å². The largest absolute Gasteiger partial charge is 0.496 e. The number of rotatable bonds is 7. The molecule has 0 aliphatic carbocycles. The number of hydrogen-bond donors (Lipinski definition) is 0. The fraction of sp³-hybridized carbons (Fsp3) is 0.478. The standard InChI is InChI=1S/C23H31N3O3/c1-17-15-20(18(2)24(17)3)21(27)16-25-11-13-26(14-12-25)23(28)10-9-19-7-5-6-8-22(19)29-4/h5-8,15H,9-14,16H2,1-4H3. The number of nitrogens with zero attached hydrogens (tertiary/aromatic N) is 3. The number of amides is 1. The van der Waals surface area contributed by atoms with Gasteiger partial charge in [0, 0.05) is 56.6 Å². The van der Waals surface area contributed by atoms with Crippen LogP contribution in [0.5, 0.6) is 5.75 Å². The van der Waals surface area contributed by atoms with Crippen molar-refractivity contribution >= 4 is 11.7 Å². The number of carbonyl (C=O) groups is 2. The summed E-state index contributed by atoms with van der Waals surface area (Å²) in [5.74, 6) is 1.15. The molecule has 6 nitrogen and oxygen atoms in total. The van der Waals surface area contributed by atoms with Gasteiger partial charge in [0.15, 0.2) is 5.78 Å². The first-order valence-electron chi connectivity index (χ1n) is 10.2. The first kappa shape index (κ1) is 21.1. The van der Waals surface area contributed by atoms with E-state index in [0.717, 1.165) is 41.4 Å². The van der Waals surface area contributed by atoms with E-state index in [1.807, 2.05) is 60.7 Å². The minimum Gasteiger partial charge on any atom is -0.496 e. The van der Waals surface area contributed by atoms with Gasteiger partial charge in [-0.15, -0.1) is 0 Å². The van der Waals surface area contributed by atoms with Crippen molar-refractivity contribution in [3.8, 4) is 5.75 Å². The van der Waals surface area contributed by atoms with Crippen LogP contribution in [0.15, 0.2) is 30.3 Å². The maximum atomic E-state index is 12.7. The number of aromatic nitrogens is 1. The number of methoxy groups -OCH3 is 1. The fourth-order valence-corrected chi connectivity index (χ4v) is 3.89. The molecule has 1 aromatic carbocycles. The van der Waals surface area contributed by atoms with Crippen molar-refractivity contribution < 1.29 is 14.3 Å². The predicted octanol–water partition coefficient (Wildman–Crippen LogP) is 2.61. The van der Waals surface area contributed by atoms with Crippen LogP contribution >= 0.6 is 0 Å². The van der Waals surface area contributed by atoms with Crippen molar-refractivity contribution in [3.05, 3.63) is 52.8 Å². The third-order valence-electron chi connectivity index (χ3n) is 5.97. The van der Waals surface area contributed by atoms with E-state index in [0.29, 0.717) is 32.5 Å². The molecule has 2 aromatic rings. The molecule has 1 amide bonds. The Kier molecular flexibility index (Phi) is 6.75. The Morgan fingerprint density at radius 1 is 1.07 bits per heavy atom. The van der Waals surface area contributed by atoms with Crippen LogP contribution in [0.25, 0.3) is 0 Å². The van der Waals surface area contributed by atoms with E-state index in [2.05, 4.69) is 4.90 Å². The van der Waals surface area contributed by atoms with Crippen LogP contribution in [0.3, 0.4) is 0 Å². The van der Waals surface area contributed by atoms with Crippen LogP contribution in [-0.2, 0) is 18.3 Å². The van der Waals surface area contributed by atoms with Crippen molar-refractivity contribution in [2.45, 2.75) is 26.7 Å². The summed E-state index contributed by atoms with van der Waals surface area (Å²) in [5, 5.41) is 0. The molecule has 2 heterocycles. The summed E-state index contributed by atoms with van der Waals surface area (Å²) in [6.45, 7) is 7.22. The lowest BCUT2D eigenvalue weighted by Crippen LogP contribution is -2.50. The number of ether oxygens (including phenoxy) is 1. The molecule has 0 bridgehead atoms. The molecule has 1 fully saturated rings. The zero-order valence-corrected chi connectivity index (χ0v) is 17.9. The molecule has 0 atom stereocenters. The van der Waals surface area contributed by atoms with Crippen molar-refractivity contribution in [1.29, 1.82) is 0 Å². The molecule has 1 aliphatic heterocycles. The minimum atomic E-state index is 0.155. The van der Waals surface area contributed by atoms with Gasteiger partial charge in [-0.2, -0.15) is 0 Å². The molecular formula is C23H31N3O3. The van der Waals surface area contributed by atoms with Crippen molar-refractivity contribution in [2.24, 2.45) is 7.05 Å². The highest BCUT2D eigenvalue weighted by Gasteiger charge is 2.24. The predicted molar refractivity (Wildman–Crippen MR) is 114 cm³/mol. The smallest absolute Gasteiger partial charge is 0.222 e. The number of aryl methyl sites for hydroxylation is 2. The van der Waals surface area contributed by atoms with E-state index in [9.17, 15) is 9.59 Å². The van der Waals surface area contributed by atoms with E-state index in [-0.39, 0.29) is 11.7 Å². The van der Waals surface area contributed by atoms with Crippen molar-refractivity contribution in [2.75, 3.05) is 39.8 Å². The third kappa shape index (κ3) is 4.88. The van der Waals surface area contributed by atoms with Gasteiger partial charge in [-0.05, 0) is 38.0 Å². The van der Waals surface area contributed by atoms with E-state index in [1.54, 1.807) is 7.11 Å². The second kappa shape index (κ2) is 9.27. The monoisotopic (exact) mass is 397 g/mol. The number of ketones is 1. The normalized spacial score (nSPS) is 14.8. The molecule has 3 rings (SSSR count). The lowest BCUT2D eigenvalue weighted by Gasteiger charge is -2.34. The molecule has 6 heteroatoms. The van der Waals surface area contributed by atoms with Crippen LogP contribution < -0.4 is 4.74 Å². The summed E-state index contributed by atoms with van der Waals surface area (Å²) in [5.41, 5.74) is 3.97. The number of benzene rings is 1. The minimum absolute atomic E-state index is 0.155. The SMILES string of the molecule is COc1ccccc1CCC(=O)N1CCN(CC(=O)c2cc(C)n(C)c2C)CC1. The molecule has 0 N–H and O–H groups in total. The summed E-state index contributed by atoms with van der Waals surface area (Å²) >= 11 is 0. The van der Waals surface area contributed by atoms with Gasteiger partial charge in [0.05, 0.1) is 13.7 Å². The fourth-order valence-electron chi connectivity index (χ4n) is 3.89. The molecule has 0 radical (unpaired) electrons. The number of Topliss-reactive ketones (excluding diaryl/α,β-unsaturated/α-hetero) is 1. The van der Waals surface area contributed by atoms with Gasteiger partial charge in [0.2, 0.25) is 5.91 Å². The van der Waals surface area contributed by atoms with Crippen molar-refractivity contribution in [3.63, 3.8) is 0 Å². The van der Waals surface area contributed by atoms with E-state index in [1.165, 1.54) is 0 Å². The quantitative estimate of drug-likeness (QED) is 0.674. The Hall–Kier alpha value is -2.60. The summed E-state index contributed by atoms with van der Waals surface area (Å²) in [6, 6.07) is 9.79. The molecule has 0 spiro atoms. The van der Waals surface area contributed by atoms with E-state index >= 15 is 0 Å². The van der Waals surface area contributed by atoms with Crippen LogP contribution in [0.4, 0.5) is 0 Å². The van der Waals surface area contributed by atoms with E-state index in [4.69, 9.17) is 4.74 Å². The highest BCUT2D eigenvalue weighted by atomic mass is 16.5. The lowest BCUT2D eigenvalue weighted by atomic mass is 10.1. The summed E-state index contributed by atoms with van der Waals surface area (Å²) in [7, 11) is 3.64. The van der Waals surface area contributed by atoms with Crippen molar-refractivity contribution in [1.82, 2.24) is 14.4 Å². The molecule has 156 valence electrons. The zero-order valence-electron chi connectivity index (χ0n) is 17.9. The summed E-state index contributed by atoms with van der Waals surface area (Å²) in [6.07, 6.45) is 1.15. The van der Waals surface area contributed by atoms with Crippen LogP contribution in [0, 0.1) is 13.8 Å². The van der Waals surface area contributed by atoms with Gasteiger partial charge in [0.25, 0.3) is 0 Å². The van der Waals surface area contributed by atoms with Gasteiger partial charge in [-0.25, -0.2) is 0 Å². The summed E-state index contributed by atoms with van der Waals surface area (Å²) < 4.78 is 7.41. The Bertz CT molecular complexity index is 879. The first-order chi connectivity index (χ1) is 13.9. The highest BCUT2D eigenvalue weighted by Crippen LogP contribution is 2.20. The number of carbonyl (C=O) groups excluding carboxylic acids is 2. The molecular weight excluding hydrogens is 366 g/mol. The maximum absolute atomic E-state index is 12.7. The Morgan fingerprint density at radius 2 is 1.76 bits per heavy atom. The average Bonchev–Trinajstić information content (AvgIpc) is 3.00. The molecule has 0 unspecified atom stereocenters. The number of para-hydroxylation sites is 1. The lowest BCUT2D eigenvalue weighted by molar-refractivity contribution is -0.132. The first-order valence-corrected chi connectivity index (χ1v) is 10.2. The topological polar surface area (TPSA) is 54.8 Å². The highest BCUT2D eigenvalue weighted by molar-refractivity contribution is 5.99. The van der Waals surface area contributed by atoms with Gasteiger partial charge in [0.1, 0.15) is 5.75 Å². The Balaban J connectivity index is 1.48. The van der Waals surface area contributed by atoms with Gasteiger partial charge < -0.3 is 14.2 Å². The molecule has 1 saturated heterocycles. The third-order valence-corrected chi connectivity index (χ3v) is 5.97. The van der Waals surface area contributed by atoms with Gasteiger partial charge in [-0.3, -0.25) is 14.5 Å². The Labute approximate surface area is 173 Å². The van der Waals surface area contributed by atoms with Crippen LogP contribution in [-0.4, -0.2) is 65.9 Å². The zero-order chi connectivity index (χ0) is 21.0. The second-order valence-electron chi connectivity index (χ2n) is 7.74.